The summed E-state index contributed by atoms with van der Waals surface area (Å²) in [6.45, 7) is 9.95. The summed E-state index contributed by atoms with van der Waals surface area (Å²) < 4.78 is 0. The molecule has 0 radical (unpaired) electrons. The minimum atomic E-state index is -0.648. The Bertz CT molecular complexity index is 482. The molecule has 0 heterocycles. The second-order valence-electron chi connectivity index (χ2n) is 6.58. The minimum absolute atomic E-state index is 0.375. The average molecular weight is 298 g/mol. The number of hydrogen-bond donors (Lipinski definition) is 1. The van der Waals surface area contributed by atoms with Crippen LogP contribution in [0.1, 0.15) is 45.6 Å². The molecule has 120 valence electrons. The maximum atomic E-state index is 10.2. The Morgan fingerprint density at radius 1 is 1.14 bits per heavy atom. The molecule has 22 heavy (non-hydrogen) atoms. The molecule has 1 nitrogen and oxygen atoms in total. The fraction of sp³-hybridized carbons (Fsp3) is 0.429. The van der Waals surface area contributed by atoms with Gasteiger partial charge in [0.05, 0.1) is 5.60 Å². The van der Waals surface area contributed by atoms with E-state index in [2.05, 4.69) is 69.0 Å². The highest BCUT2D eigenvalue weighted by atomic mass is 16.3. The molecule has 1 N–H and O–H groups in total. The van der Waals surface area contributed by atoms with Gasteiger partial charge in [0.1, 0.15) is 0 Å². The highest BCUT2D eigenvalue weighted by Gasteiger charge is 2.20. The SMILES string of the molecule is C=CC[C@](C)(O)C[C@@H](C)/C=C/C[C@H](C)/C=C/c1ccccc1. The van der Waals surface area contributed by atoms with Crippen LogP contribution in [0.15, 0.2) is 61.2 Å². The van der Waals surface area contributed by atoms with E-state index in [0.29, 0.717) is 18.3 Å². The Kier molecular flexibility index (Phi) is 7.90. The van der Waals surface area contributed by atoms with Crippen molar-refractivity contribution in [2.75, 3.05) is 0 Å². The van der Waals surface area contributed by atoms with E-state index in [4.69, 9.17) is 0 Å². The second-order valence-corrected chi connectivity index (χ2v) is 6.58. The first-order chi connectivity index (χ1) is 10.4. The summed E-state index contributed by atoms with van der Waals surface area (Å²) in [5.41, 5.74) is 0.594. The Hall–Kier alpha value is -1.60. The van der Waals surface area contributed by atoms with Gasteiger partial charge in [-0.15, -0.1) is 6.58 Å². The highest BCUT2D eigenvalue weighted by molar-refractivity contribution is 5.48. The van der Waals surface area contributed by atoms with Gasteiger partial charge in [-0.25, -0.2) is 0 Å². The summed E-state index contributed by atoms with van der Waals surface area (Å²) in [4.78, 5) is 0. The van der Waals surface area contributed by atoms with Gasteiger partial charge in [0.25, 0.3) is 0 Å². The summed E-state index contributed by atoms with van der Waals surface area (Å²) >= 11 is 0. The van der Waals surface area contributed by atoms with E-state index in [1.165, 1.54) is 5.56 Å². The molecule has 3 atom stereocenters. The van der Waals surface area contributed by atoms with E-state index in [0.717, 1.165) is 12.8 Å². The third kappa shape index (κ3) is 7.99. The molecule has 1 rings (SSSR count). The molecule has 1 heteroatoms. The first-order valence-electron chi connectivity index (χ1n) is 8.16. The van der Waals surface area contributed by atoms with Crippen LogP contribution < -0.4 is 0 Å². The number of aliphatic hydroxyl groups is 1. The van der Waals surface area contributed by atoms with Gasteiger partial charge in [0.2, 0.25) is 0 Å². The average Bonchev–Trinajstić information content (AvgIpc) is 2.45. The van der Waals surface area contributed by atoms with E-state index in [1.807, 2.05) is 13.0 Å². The van der Waals surface area contributed by atoms with Crippen molar-refractivity contribution in [3.8, 4) is 0 Å². The molecular weight excluding hydrogens is 268 g/mol. The quantitative estimate of drug-likeness (QED) is 0.585. The Balaban J connectivity index is 2.38. The van der Waals surface area contributed by atoms with Crippen LogP contribution in [0.4, 0.5) is 0 Å². The lowest BCUT2D eigenvalue weighted by Gasteiger charge is -2.24. The van der Waals surface area contributed by atoms with Gasteiger partial charge >= 0.3 is 0 Å². The zero-order chi connectivity index (χ0) is 16.4. The molecule has 0 bridgehead atoms. The summed E-state index contributed by atoms with van der Waals surface area (Å²) in [5, 5.41) is 10.2. The lowest BCUT2D eigenvalue weighted by atomic mass is 9.90. The van der Waals surface area contributed by atoms with Crippen molar-refractivity contribution in [1.82, 2.24) is 0 Å². The molecule has 0 saturated carbocycles. The number of hydrogen-bond acceptors (Lipinski definition) is 1. The molecule has 0 fully saturated rings. The third-order valence-electron chi connectivity index (χ3n) is 3.74. The van der Waals surface area contributed by atoms with Crippen LogP contribution in [0.3, 0.4) is 0 Å². The summed E-state index contributed by atoms with van der Waals surface area (Å²) in [6, 6.07) is 10.4. The summed E-state index contributed by atoms with van der Waals surface area (Å²) in [5.74, 6) is 0.887. The maximum Gasteiger partial charge on any atom is 0.0659 e. The first-order valence-corrected chi connectivity index (χ1v) is 8.16. The first kappa shape index (κ1) is 18.4. The predicted molar refractivity (Wildman–Crippen MR) is 97.6 cm³/mol. The van der Waals surface area contributed by atoms with Gasteiger partial charge in [-0.3, -0.25) is 0 Å². The fourth-order valence-corrected chi connectivity index (χ4v) is 2.60. The monoisotopic (exact) mass is 298 g/mol. The number of rotatable bonds is 9. The van der Waals surface area contributed by atoms with E-state index >= 15 is 0 Å². The molecule has 0 amide bonds. The van der Waals surface area contributed by atoms with E-state index < -0.39 is 5.60 Å². The zero-order valence-electron chi connectivity index (χ0n) is 14.2. The number of allylic oxidation sites excluding steroid dienone is 3. The topological polar surface area (TPSA) is 20.2 Å². The molecule has 0 aliphatic heterocycles. The van der Waals surface area contributed by atoms with Crippen LogP contribution in [0.25, 0.3) is 6.08 Å². The molecule has 0 aliphatic rings. The number of benzene rings is 1. The van der Waals surface area contributed by atoms with E-state index in [-0.39, 0.29) is 0 Å². The predicted octanol–water partition coefficient (Wildman–Crippen LogP) is 5.64. The largest absolute Gasteiger partial charge is 0.390 e. The van der Waals surface area contributed by atoms with Crippen LogP contribution >= 0.6 is 0 Å². The van der Waals surface area contributed by atoms with Crippen LogP contribution in [0.5, 0.6) is 0 Å². The van der Waals surface area contributed by atoms with Crippen LogP contribution in [-0.2, 0) is 0 Å². The van der Waals surface area contributed by atoms with Crippen molar-refractivity contribution in [2.24, 2.45) is 11.8 Å². The van der Waals surface area contributed by atoms with E-state index in [1.54, 1.807) is 6.08 Å². The molecule has 0 aliphatic carbocycles. The van der Waals surface area contributed by atoms with Gasteiger partial charge in [-0.05, 0) is 43.6 Å². The van der Waals surface area contributed by atoms with Crippen molar-refractivity contribution in [2.45, 2.75) is 45.6 Å². The van der Waals surface area contributed by atoms with Crippen LogP contribution in [0, 0.1) is 11.8 Å². The Morgan fingerprint density at radius 2 is 1.82 bits per heavy atom. The van der Waals surface area contributed by atoms with Gasteiger partial charge in [0.15, 0.2) is 0 Å². The minimum Gasteiger partial charge on any atom is -0.390 e. The normalized spacial score (nSPS) is 17.5. The molecule has 0 spiro atoms. The standard InChI is InChI=1S/C21H30O/c1-5-16-21(4,22)17-19(3)11-9-10-18(2)14-15-20-12-7-6-8-13-20/h5-9,11-15,18-19,22H,1,10,16-17H2,2-4H3/b11-9+,15-14+/t18-,19-,21-/m0/s1. The smallest absolute Gasteiger partial charge is 0.0659 e. The fourth-order valence-electron chi connectivity index (χ4n) is 2.60. The van der Waals surface area contributed by atoms with Gasteiger partial charge in [0, 0.05) is 0 Å². The highest BCUT2D eigenvalue weighted by Crippen LogP contribution is 2.22. The molecular formula is C21H30O. The third-order valence-corrected chi connectivity index (χ3v) is 3.74. The van der Waals surface area contributed by atoms with Gasteiger partial charge < -0.3 is 5.11 Å². The van der Waals surface area contributed by atoms with Gasteiger partial charge in [-0.2, -0.15) is 0 Å². The Labute approximate surface area is 136 Å². The maximum absolute atomic E-state index is 10.2. The molecule has 0 unspecified atom stereocenters. The van der Waals surface area contributed by atoms with Crippen LogP contribution in [-0.4, -0.2) is 10.7 Å². The van der Waals surface area contributed by atoms with E-state index in [9.17, 15) is 5.11 Å². The lowest BCUT2D eigenvalue weighted by Crippen LogP contribution is -2.25. The van der Waals surface area contributed by atoms with Crippen molar-refractivity contribution in [3.05, 3.63) is 66.8 Å². The summed E-state index contributed by atoms with van der Waals surface area (Å²) in [6.07, 6.45) is 13.1. The second kappa shape index (κ2) is 9.42. The molecule has 1 aromatic rings. The van der Waals surface area contributed by atoms with Crippen LogP contribution in [0.2, 0.25) is 0 Å². The Morgan fingerprint density at radius 3 is 2.45 bits per heavy atom. The zero-order valence-corrected chi connectivity index (χ0v) is 14.2. The molecule has 1 aromatic carbocycles. The lowest BCUT2D eigenvalue weighted by molar-refractivity contribution is 0.0448. The molecule has 0 aromatic heterocycles. The van der Waals surface area contributed by atoms with Crippen molar-refractivity contribution >= 4 is 6.08 Å². The molecule has 0 saturated heterocycles. The van der Waals surface area contributed by atoms with Gasteiger partial charge in [-0.1, -0.05) is 74.6 Å². The van der Waals surface area contributed by atoms with Crippen molar-refractivity contribution in [1.29, 1.82) is 0 Å². The van der Waals surface area contributed by atoms with Crippen molar-refractivity contribution < 1.29 is 5.11 Å². The van der Waals surface area contributed by atoms with Crippen molar-refractivity contribution in [3.63, 3.8) is 0 Å². The summed E-state index contributed by atoms with van der Waals surface area (Å²) in [7, 11) is 0.